The highest BCUT2D eigenvalue weighted by molar-refractivity contribution is 7.10. The van der Waals surface area contributed by atoms with E-state index in [0.29, 0.717) is 25.8 Å². The van der Waals surface area contributed by atoms with E-state index in [2.05, 4.69) is 25.1 Å². The van der Waals surface area contributed by atoms with Crippen LogP contribution in [0.3, 0.4) is 0 Å². The Hall–Kier alpha value is -1.25. The zero-order valence-corrected chi connectivity index (χ0v) is 13.0. The Morgan fingerprint density at radius 3 is 3.14 bits per heavy atom. The second kappa shape index (κ2) is 6.67. The fraction of sp³-hybridized carbons (Fsp3) is 0.769. The van der Waals surface area contributed by atoms with Crippen LogP contribution in [-0.2, 0) is 16.1 Å². The van der Waals surface area contributed by atoms with E-state index in [9.17, 15) is 4.79 Å². The summed E-state index contributed by atoms with van der Waals surface area (Å²) in [5.74, 6) is 0.0744. The fourth-order valence-corrected chi connectivity index (χ4v) is 3.03. The molecule has 1 amide bonds. The molecule has 7 nitrogen and oxygen atoms in total. The summed E-state index contributed by atoms with van der Waals surface area (Å²) in [6.07, 6.45) is 2.19. The molecule has 1 aliphatic carbocycles. The highest BCUT2D eigenvalue weighted by Crippen LogP contribution is 2.22. The molecule has 0 spiro atoms. The van der Waals surface area contributed by atoms with Crippen LogP contribution in [0.5, 0.6) is 0 Å². The van der Waals surface area contributed by atoms with E-state index >= 15 is 0 Å². The Balaban J connectivity index is 1.65. The van der Waals surface area contributed by atoms with Gasteiger partial charge in [-0.3, -0.25) is 9.69 Å². The van der Waals surface area contributed by atoms with Gasteiger partial charge in [-0.25, -0.2) is 0 Å². The number of hydrogen-bond acceptors (Lipinski definition) is 7. The molecule has 1 aromatic heterocycles. The Morgan fingerprint density at radius 1 is 1.52 bits per heavy atom. The number of morpholine rings is 1. The maximum absolute atomic E-state index is 12.3. The summed E-state index contributed by atoms with van der Waals surface area (Å²) < 4.78 is 9.49. The number of aromatic nitrogens is 2. The molecule has 3 rings (SSSR count). The minimum Gasteiger partial charge on any atom is -0.378 e. The van der Waals surface area contributed by atoms with Gasteiger partial charge >= 0.3 is 0 Å². The second-order valence-electron chi connectivity index (χ2n) is 5.42. The lowest BCUT2D eigenvalue weighted by atomic mass is 10.2. The lowest BCUT2D eigenvalue weighted by Gasteiger charge is -2.34. The third-order valence-corrected chi connectivity index (χ3v) is 4.44. The first-order valence-corrected chi connectivity index (χ1v) is 8.22. The standard InChI is InChI=1S/C13H21N5O2S/c1-2-14-13-10(16-17-21-13)7-18-5-6-20-8-11(18)12(19)15-9-3-4-9/h9,11,14H,2-8H2,1H3,(H,15,19). The predicted octanol–water partition coefficient (Wildman–Crippen LogP) is 0.449. The average molecular weight is 311 g/mol. The van der Waals surface area contributed by atoms with Crippen molar-refractivity contribution in [2.24, 2.45) is 0 Å². The molecule has 0 radical (unpaired) electrons. The molecule has 0 aromatic carbocycles. The van der Waals surface area contributed by atoms with Gasteiger partial charge in [0.05, 0.1) is 13.2 Å². The first-order chi connectivity index (χ1) is 10.3. The third-order valence-electron chi connectivity index (χ3n) is 3.71. The van der Waals surface area contributed by atoms with Crippen LogP contribution in [0.4, 0.5) is 5.00 Å². The maximum atomic E-state index is 12.3. The zero-order valence-electron chi connectivity index (χ0n) is 12.2. The molecule has 0 bridgehead atoms. The number of ether oxygens (including phenoxy) is 1. The van der Waals surface area contributed by atoms with Gasteiger partial charge in [-0.1, -0.05) is 4.49 Å². The highest BCUT2D eigenvalue weighted by Gasteiger charge is 2.33. The number of carbonyl (C=O) groups excluding carboxylic acids is 1. The molecule has 1 saturated carbocycles. The normalized spacial score (nSPS) is 23.0. The first kappa shape index (κ1) is 14.7. The van der Waals surface area contributed by atoms with E-state index in [4.69, 9.17) is 4.74 Å². The number of carbonyl (C=O) groups is 1. The molecule has 2 fully saturated rings. The van der Waals surface area contributed by atoms with Crippen LogP contribution in [0.15, 0.2) is 0 Å². The van der Waals surface area contributed by atoms with Crippen LogP contribution in [-0.4, -0.2) is 58.8 Å². The van der Waals surface area contributed by atoms with E-state index < -0.39 is 0 Å². The van der Waals surface area contributed by atoms with Crippen molar-refractivity contribution in [1.29, 1.82) is 0 Å². The summed E-state index contributed by atoms with van der Waals surface area (Å²) in [6, 6.07) is 0.148. The SMILES string of the molecule is CCNc1snnc1CN1CCOCC1C(=O)NC1CC1. The zero-order chi connectivity index (χ0) is 14.7. The Labute approximate surface area is 128 Å². The summed E-state index contributed by atoms with van der Waals surface area (Å²) in [6.45, 7) is 5.36. The molecule has 21 heavy (non-hydrogen) atoms. The Morgan fingerprint density at radius 2 is 2.38 bits per heavy atom. The van der Waals surface area contributed by atoms with Crippen molar-refractivity contribution < 1.29 is 9.53 Å². The lowest BCUT2D eigenvalue weighted by molar-refractivity contribution is -0.133. The van der Waals surface area contributed by atoms with Crippen molar-refractivity contribution in [1.82, 2.24) is 19.8 Å². The topological polar surface area (TPSA) is 79.4 Å². The van der Waals surface area contributed by atoms with Gasteiger partial charge in [-0.15, -0.1) is 5.10 Å². The molecule has 8 heteroatoms. The molecule has 116 valence electrons. The Kier molecular flexibility index (Phi) is 4.67. The number of amides is 1. The summed E-state index contributed by atoms with van der Waals surface area (Å²) in [7, 11) is 0. The largest absolute Gasteiger partial charge is 0.378 e. The number of nitrogens with one attached hydrogen (secondary N) is 2. The summed E-state index contributed by atoms with van der Waals surface area (Å²) >= 11 is 1.36. The smallest absolute Gasteiger partial charge is 0.239 e. The summed E-state index contributed by atoms with van der Waals surface area (Å²) in [5.41, 5.74) is 0.910. The van der Waals surface area contributed by atoms with Crippen LogP contribution in [0.2, 0.25) is 0 Å². The molecule has 2 aliphatic rings. The van der Waals surface area contributed by atoms with E-state index in [1.54, 1.807) is 0 Å². The molecule has 1 aromatic rings. The van der Waals surface area contributed by atoms with Crippen LogP contribution in [0, 0.1) is 0 Å². The van der Waals surface area contributed by atoms with Gasteiger partial charge in [-0.05, 0) is 19.8 Å². The molecule has 2 N–H and O–H groups in total. The second-order valence-corrected chi connectivity index (χ2v) is 6.18. The predicted molar refractivity (Wildman–Crippen MR) is 80.3 cm³/mol. The average Bonchev–Trinajstić information content (AvgIpc) is 3.20. The highest BCUT2D eigenvalue weighted by atomic mass is 32.1. The van der Waals surface area contributed by atoms with Gasteiger partial charge in [0.25, 0.3) is 0 Å². The summed E-state index contributed by atoms with van der Waals surface area (Å²) in [5, 5.41) is 11.5. The quantitative estimate of drug-likeness (QED) is 0.794. The van der Waals surface area contributed by atoms with Crippen molar-refractivity contribution in [3.05, 3.63) is 5.69 Å². The minimum absolute atomic E-state index is 0.0744. The minimum atomic E-state index is -0.226. The van der Waals surface area contributed by atoms with Gasteiger partial charge in [0.15, 0.2) is 0 Å². The number of hydrogen-bond donors (Lipinski definition) is 2. The van der Waals surface area contributed by atoms with Gasteiger partial charge in [0.2, 0.25) is 5.91 Å². The number of rotatable bonds is 6. The molecular formula is C13H21N5O2S. The monoisotopic (exact) mass is 311 g/mol. The Bertz CT molecular complexity index is 491. The molecule has 1 aliphatic heterocycles. The van der Waals surface area contributed by atoms with Crippen molar-refractivity contribution in [2.45, 2.75) is 38.4 Å². The molecule has 1 unspecified atom stereocenters. The molecular weight excluding hydrogens is 290 g/mol. The molecule has 2 heterocycles. The van der Waals surface area contributed by atoms with Crippen LogP contribution in [0.1, 0.15) is 25.5 Å². The number of anilines is 1. The van der Waals surface area contributed by atoms with Crippen LogP contribution >= 0.6 is 11.5 Å². The van der Waals surface area contributed by atoms with Gasteiger partial charge in [0.1, 0.15) is 16.7 Å². The molecule has 1 saturated heterocycles. The third kappa shape index (κ3) is 3.69. The maximum Gasteiger partial charge on any atom is 0.239 e. The van der Waals surface area contributed by atoms with E-state index in [1.807, 2.05) is 6.92 Å². The van der Waals surface area contributed by atoms with Crippen molar-refractivity contribution in [3.8, 4) is 0 Å². The lowest BCUT2D eigenvalue weighted by Crippen LogP contribution is -2.53. The van der Waals surface area contributed by atoms with Crippen LogP contribution in [0.25, 0.3) is 0 Å². The first-order valence-electron chi connectivity index (χ1n) is 7.45. The van der Waals surface area contributed by atoms with E-state index in [1.165, 1.54) is 11.5 Å². The van der Waals surface area contributed by atoms with Crippen molar-refractivity contribution in [3.63, 3.8) is 0 Å². The van der Waals surface area contributed by atoms with E-state index in [0.717, 1.165) is 36.6 Å². The van der Waals surface area contributed by atoms with Gasteiger partial charge < -0.3 is 15.4 Å². The fourth-order valence-electron chi connectivity index (χ4n) is 2.39. The van der Waals surface area contributed by atoms with Crippen LogP contribution < -0.4 is 10.6 Å². The molecule has 1 atom stereocenters. The van der Waals surface area contributed by atoms with Gasteiger partial charge in [0, 0.05) is 37.2 Å². The van der Waals surface area contributed by atoms with Gasteiger partial charge in [-0.2, -0.15) is 0 Å². The number of nitrogens with zero attached hydrogens (tertiary/aromatic N) is 3. The summed E-state index contributed by atoms with van der Waals surface area (Å²) in [4.78, 5) is 14.5. The van der Waals surface area contributed by atoms with Crippen molar-refractivity contribution in [2.75, 3.05) is 31.6 Å². The van der Waals surface area contributed by atoms with Crippen molar-refractivity contribution >= 4 is 22.4 Å². The van der Waals surface area contributed by atoms with E-state index in [-0.39, 0.29) is 11.9 Å².